The standard InChI is InChI=1S/C27H20OS/c1-16-3-7-24-20(11-16)21-14-18(5-8-25(21)28-24)13-19-6-10-27-23(15-19)22-12-17(2)4-9-26(22)29-27/h3-12,14-15H,13H2,1-2H3. The molecule has 0 spiro atoms. The fourth-order valence-electron chi connectivity index (χ4n) is 4.33. The van der Waals surface area contributed by atoms with E-state index in [-0.39, 0.29) is 0 Å². The van der Waals surface area contributed by atoms with Crippen LogP contribution >= 0.6 is 11.3 Å². The van der Waals surface area contributed by atoms with E-state index in [0.717, 1.165) is 17.6 Å². The van der Waals surface area contributed by atoms with E-state index in [1.54, 1.807) is 0 Å². The monoisotopic (exact) mass is 392 g/mol. The molecule has 1 nitrogen and oxygen atoms in total. The van der Waals surface area contributed by atoms with E-state index < -0.39 is 0 Å². The average molecular weight is 393 g/mol. The third-order valence-corrected chi connectivity index (χ3v) is 6.94. The minimum absolute atomic E-state index is 0.924. The maximum Gasteiger partial charge on any atom is 0.135 e. The first kappa shape index (κ1) is 16.8. The van der Waals surface area contributed by atoms with Crippen molar-refractivity contribution in [2.75, 3.05) is 0 Å². The lowest BCUT2D eigenvalue weighted by molar-refractivity contribution is 0.668. The number of aryl methyl sites for hydroxylation is 2. The van der Waals surface area contributed by atoms with E-state index in [0.29, 0.717) is 0 Å². The van der Waals surface area contributed by atoms with E-state index >= 15 is 0 Å². The Bertz CT molecular complexity index is 1430. The van der Waals surface area contributed by atoms with Gasteiger partial charge >= 0.3 is 0 Å². The Hall–Kier alpha value is -3.10. The van der Waals surface area contributed by atoms with Gasteiger partial charge in [-0.1, -0.05) is 35.4 Å². The van der Waals surface area contributed by atoms with Crippen molar-refractivity contribution in [3.63, 3.8) is 0 Å². The fraction of sp³-hybridized carbons (Fsp3) is 0.111. The molecule has 0 N–H and O–H groups in total. The number of benzene rings is 4. The second-order valence-electron chi connectivity index (χ2n) is 8.04. The molecule has 2 heteroatoms. The van der Waals surface area contributed by atoms with Crippen LogP contribution in [-0.4, -0.2) is 0 Å². The van der Waals surface area contributed by atoms with Crippen LogP contribution in [0.5, 0.6) is 0 Å². The Kier molecular flexibility index (Phi) is 3.60. The minimum atomic E-state index is 0.924. The summed E-state index contributed by atoms with van der Waals surface area (Å²) in [6.07, 6.45) is 0.924. The first-order valence-electron chi connectivity index (χ1n) is 9.98. The molecule has 0 saturated heterocycles. The summed E-state index contributed by atoms with van der Waals surface area (Å²) in [6, 6.07) is 26.7. The molecule has 0 aliphatic carbocycles. The Labute approximate surface area is 173 Å². The Balaban J connectivity index is 1.46. The lowest BCUT2D eigenvalue weighted by atomic mass is 10.0. The quantitative estimate of drug-likeness (QED) is 0.290. The lowest BCUT2D eigenvalue weighted by Gasteiger charge is -2.04. The van der Waals surface area contributed by atoms with Crippen LogP contribution in [0.4, 0.5) is 0 Å². The van der Waals surface area contributed by atoms with Gasteiger partial charge in [0.25, 0.3) is 0 Å². The van der Waals surface area contributed by atoms with Crippen molar-refractivity contribution in [1.82, 2.24) is 0 Å². The predicted molar refractivity (Wildman–Crippen MR) is 125 cm³/mol. The van der Waals surface area contributed by atoms with Crippen LogP contribution in [0.3, 0.4) is 0 Å². The molecule has 2 aromatic heterocycles. The van der Waals surface area contributed by atoms with Gasteiger partial charge in [0.2, 0.25) is 0 Å². The van der Waals surface area contributed by atoms with Crippen LogP contribution in [0.1, 0.15) is 22.3 Å². The van der Waals surface area contributed by atoms with Gasteiger partial charge in [-0.3, -0.25) is 0 Å². The normalized spacial score (nSPS) is 11.9. The minimum Gasteiger partial charge on any atom is -0.456 e. The molecule has 29 heavy (non-hydrogen) atoms. The summed E-state index contributed by atoms with van der Waals surface area (Å²) in [6.45, 7) is 4.29. The van der Waals surface area contributed by atoms with E-state index in [1.807, 2.05) is 11.3 Å². The van der Waals surface area contributed by atoms with Crippen LogP contribution < -0.4 is 0 Å². The molecule has 0 radical (unpaired) electrons. The van der Waals surface area contributed by atoms with Gasteiger partial charge in [0.1, 0.15) is 11.2 Å². The molecule has 0 atom stereocenters. The highest BCUT2D eigenvalue weighted by atomic mass is 32.1. The molecule has 0 aliphatic rings. The van der Waals surface area contributed by atoms with Crippen molar-refractivity contribution in [1.29, 1.82) is 0 Å². The van der Waals surface area contributed by atoms with Crippen LogP contribution in [0.2, 0.25) is 0 Å². The first-order valence-corrected chi connectivity index (χ1v) is 10.8. The zero-order valence-electron chi connectivity index (χ0n) is 16.5. The molecule has 0 saturated carbocycles. The van der Waals surface area contributed by atoms with Gasteiger partial charge in [-0.2, -0.15) is 0 Å². The molecule has 140 valence electrons. The van der Waals surface area contributed by atoms with Gasteiger partial charge in [0.05, 0.1) is 0 Å². The number of fused-ring (bicyclic) bond motifs is 6. The Morgan fingerprint density at radius 2 is 1.10 bits per heavy atom. The van der Waals surface area contributed by atoms with Gasteiger partial charge in [-0.15, -0.1) is 11.3 Å². The highest BCUT2D eigenvalue weighted by Crippen LogP contribution is 2.36. The summed E-state index contributed by atoms with van der Waals surface area (Å²) in [4.78, 5) is 0. The fourth-order valence-corrected chi connectivity index (χ4v) is 5.40. The van der Waals surface area contributed by atoms with Crippen molar-refractivity contribution in [2.45, 2.75) is 20.3 Å². The van der Waals surface area contributed by atoms with Gasteiger partial charge in [0, 0.05) is 30.9 Å². The number of hydrogen-bond donors (Lipinski definition) is 0. The highest BCUT2D eigenvalue weighted by Gasteiger charge is 2.10. The number of hydrogen-bond acceptors (Lipinski definition) is 2. The third-order valence-electron chi connectivity index (χ3n) is 5.79. The van der Waals surface area contributed by atoms with Crippen LogP contribution in [0.25, 0.3) is 42.1 Å². The maximum absolute atomic E-state index is 6.02. The molecule has 2 heterocycles. The Morgan fingerprint density at radius 1 is 0.586 bits per heavy atom. The summed E-state index contributed by atoms with van der Waals surface area (Å²) in [5.41, 5.74) is 7.16. The van der Waals surface area contributed by atoms with Gasteiger partial charge < -0.3 is 4.42 Å². The second-order valence-corrected chi connectivity index (χ2v) is 9.12. The van der Waals surface area contributed by atoms with Gasteiger partial charge in [0.15, 0.2) is 0 Å². The number of thiophene rings is 1. The van der Waals surface area contributed by atoms with Crippen LogP contribution in [-0.2, 0) is 6.42 Å². The molecule has 6 rings (SSSR count). The molecule has 6 aromatic rings. The maximum atomic E-state index is 6.02. The molecule has 0 bridgehead atoms. The zero-order chi connectivity index (χ0) is 19.5. The van der Waals surface area contributed by atoms with E-state index in [1.165, 1.54) is 53.2 Å². The summed E-state index contributed by atoms with van der Waals surface area (Å²) < 4.78 is 8.75. The van der Waals surface area contributed by atoms with E-state index in [2.05, 4.69) is 86.6 Å². The molecule has 4 aromatic carbocycles. The van der Waals surface area contributed by atoms with Crippen LogP contribution in [0.15, 0.2) is 77.2 Å². The summed E-state index contributed by atoms with van der Waals surface area (Å²) >= 11 is 1.88. The molecule has 0 aliphatic heterocycles. The van der Waals surface area contributed by atoms with Gasteiger partial charge in [-0.25, -0.2) is 0 Å². The Morgan fingerprint density at radius 3 is 1.90 bits per heavy atom. The lowest BCUT2D eigenvalue weighted by Crippen LogP contribution is -1.87. The highest BCUT2D eigenvalue weighted by molar-refractivity contribution is 7.25. The number of rotatable bonds is 2. The second kappa shape index (κ2) is 6.20. The van der Waals surface area contributed by atoms with Crippen molar-refractivity contribution < 1.29 is 4.42 Å². The average Bonchev–Trinajstić information content (AvgIpc) is 3.25. The third kappa shape index (κ3) is 2.75. The van der Waals surface area contributed by atoms with Crippen molar-refractivity contribution in [3.8, 4) is 0 Å². The molecular formula is C27H20OS. The van der Waals surface area contributed by atoms with Gasteiger partial charge in [-0.05, 0) is 79.9 Å². The summed E-state index contributed by atoms with van der Waals surface area (Å²) in [7, 11) is 0. The molecule has 0 amide bonds. The topological polar surface area (TPSA) is 13.1 Å². The van der Waals surface area contributed by atoms with Crippen LogP contribution in [0, 0.1) is 13.8 Å². The van der Waals surface area contributed by atoms with E-state index in [4.69, 9.17) is 4.42 Å². The number of furan rings is 1. The molecule has 0 fully saturated rings. The predicted octanol–water partition coefficient (Wildman–Crippen LogP) is 8.16. The summed E-state index contributed by atoms with van der Waals surface area (Å²) in [5, 5.41) is 5.16. The molecular weight excluding hydrogens is 372 g/mol. The van der Waals surface area contributed by atoms with Crippen molar-refractivity contribution in [3.05, 3.63) is 95.1 Å². The van der Waals surface area contributed by atoms with Crippen molar-refractivity contribution in [2.24, 2.45) is 0 Å². The van der Waals surface area contributed by atoms with E-state index in [9.17, 15) is 0 Å². The molecule has 0 unspecified atom stereocenters. The zero-order valence-corrected chi connectivity index (χ0v) is 17.3. The largest absolute Gasteiger partial charge is 0.456 e. The SMILES string of the molecule is Cc1ccc2oc3ccc(Cc4ccc5sc6ccc(C)cc6c5c4)cc3c2c1. The first-order chi connectivity index (χ1) is 14.1. The van der Waals surface area contributed by atoms with Crippen molar-refractivity contribution >= 4 is 53.4 Å². The smallest absolute Gasteiger partial charge is 0.135 e. The summed E-state index contributed by atoms with van der Waals surface area (Å²) in [5.74, 6) is 0.